The van der Waals surface area contributed by atoms with Gasteiger partial charge in [0, 0.05) is 24.6 Å². The molecule has 2 N–H and O–H groups in total. The van der Waals surface area contributed by atoms with Gasteiger partial charge in [-0.25, -0.2) is 4.68 Å². The van der Waals surface area contributed by atoms with Crippen molar-refractivity contribution < 1.29 is 9.59 Å². The highest BCUT2D eigenvalue weighted by atomic mass is 16.2. The fraction of sp³-hybridized carbons (Fsp3) is 0.357. The fourth-order valence-electron chi connectivity index (χ4n) is 1.74. The lowest BCUT2D eigenvalue weighted by Gasteiger charge is -2.09. The van der Waals surface area contributed by atoms with E-state index in [1.807, 2.05) is 13.8 Å². The minimum atomic E-state index is -0.214. The van der Waals surface area contributed by atoms with Crippen molar-refractivity contribution in [2.75, 3.05) is 13.1 Å². The van der Waals surface area contributed by atoms with Crippen molar-refractivity contribution >= 4 is 11.8 Å². The molecule has 0 fully saturated rings. The molecule has 8 heteroatoms. The predicted molar refractivity (Wildman–Crippen MR) is 79.3 cm³/mol. The normalized spacial score (nSPS) is 10.5. The standard InChI is InChI=1S/C14H18N6O2/c1-10(2)13(21)15-6-7-16-14(22)11-4-3-5-12(8-11)20-9-17-18-19-20/h3-5,8-10H,6-7H2,1-2H3,(H,15,21)(H,16,22). The number of hydrogen-bond donors (Lipinski definition) is 2. The van der Waals surface area contributed by atoms with Crippen LogP contribution in [0, 0.1) is 5.92 Å². The number of tetrazole rings is 1. The number of rotatable bonds is 6. The maximum absolute atomic E-state index is 12.1. The summed E-state index contributed by atoms with van der Waals surface area (Å²) in [6, 6.07) is 6.96. The molecule has 0 spiro atoms. The Morgan fingerprint density at radius 2 is 2.00 bits per heavy atom. The second-order valence-corrected chi connectivity index (χ2v) is 5.01. The van der Waals surface area contributed by atoms with Gasteiger partial charge in [0.1, 0.15) is 6.33 Å². The topological polar surface area (TPSA) is 102 Å². The van der Waals surface area contributed by atoms with Crippen molar-refractivity contribution in [1.29, 1.82) is 0 Å². The van der Waals surface area contributed by atoms with Crippen molar-refractivity contribution in [2.24, 2.45) is 5.92 Å². The van der Waals surface area contributed by atoms with Crippen LogP contribution < -0.4 is 10.6 Å². The number of hydrogen-bond acceptors (Lipinski definition) is 5. The van der Waals surface area contributed by atoms with Crippen LogP contribution >= 0.6 is 0 Å². The van der Waals surface area contributed by atoms with Gasteiger partial charge in [0.05, 0.1) is 5.69 Å². The highest BCUT2D eigenvalue weighted by Gasteiger charge is 2.08. The van der Waals surface area contributed by atoms with E-state index in [1.165, 1.54) is 11.0 Å². The first kappa shape index (κ1) is 15.6. The molecule has 2 amide bonds. The number of aromatic nitrogens is 4. The summed E-state index contributed by atoms with van der Waals surface area (Å²) in [6.07, 6.45) is 1.46. The van der Waals surface area contributed by atoms with Gasteiger partial charge in [0.2, 0.25) is 5.91 Å². The Balaban J connectivity index is 1.88. The molecule has 1 aromatic heterocycles. The molecule has 1 heterocycles. The Labute approximate surface area is 127 Å². The molecule has 2 aromatic rings. The molecule has 0 bridgehead atoms. The Bertz CT molecular complexity index is 639. The molecule has 22 heavy (non-hydrogen) atoms. The third kappa shape index (κ3) is 4.11. The van der Waals surface area contributed by atoms with E-state index >= 15 is 0 Å². The molecule has 0 saturated heterocycles. The van der Waals surface area contributed by atoms with Gasteiger partial charge in [-0.1, -0.05) is 19.9 Å². The SMILES string of the molecule is CC(C)C(=O)NCCNC(=O)c1cccc(-n2cnnn2)c1. The molecule has 0 unspecified atom stereocenters. The van der Waals surface area contributed by atoms with Crippen LogP contribution in [0.3, 0.4) is 0 Å². The predicted octanol–water partition coefficient (Wildman–Crippen LogP) is 0.164. The Morgan fingerprint density at radius 3 is 2.68 bits per heavy atom. The van der Waals surface area contributed by atoms with Crippen LogP contribution in [0.15, 0.2) is 30.6 Å². The molecule has 8 nitrogen and oxygen atoms in total. The van der Waals surface area contributed by atoms with Crippen molar-refractivity contribution in [3.05, 3.63) is 36.2 Å². The Hall–Kier alpha value is -2.77. The van der Waals surface area contributed by atoms with E-state index < -0.39 is 0 Å². The highest BCUT2D eigenvalue weighted by Crippen LogP contribution is 2.08. The molecular formula is C14H18N6O2. The van der Waals surface area contributed by atoms with Crippen molar-refractivity contribution in [1.82, 2.24) is 30.8 Å². The molecule has 0 aliphatic rings. The summed E-state index contributed by atoms with van der Waals surface area (Å²) in [5.74, 6) is -0.313. The van der Waals surface area contributed by atoms with Gasteiger partial charge in [0.25, 0.3) is 5.91 Å². The molecule has 2 rings (SSSR count). The smallest absolute Gasteiger partial charge is 0.251 e. The van der Waals surface area contributed by atoms with Crippen LogP contribution in [0.5, 0.6) is 0 Å². The zero-order valence-electron chi connectivity index (χ0n) is 12.5. The number of benzene rings is 1. The van der Waals surface area contributed by atoms with Gasteiger partial charge in [-0.3, -0.25) is 9.59 Å². The van der Waals surface area contributed by atoms with Gasteiger partial charge in [-0.2, -0.15) is 0 Å². The van der Waals surface area contributed by atoms with Crippen LogP contribution in [-0.4, -0.2) is 45.1 Å². The van der Waals surface area contributed by atoms with Crippen LogP contribution in [0.1, 0.15) is 24.2 Å². The van der Waals surface area contributed by atoms with Gasteiger partial charge in [-0.15, -0.1) is 5.10 Å². The zero-order chi connectivity index (χ0) is 15.9. The summed E-state index contributed by atoms with van der Waals surface area (Å²) in [5.41, 5.74) is 1.20. The van der Waals surface area contributed by atoms with Crippen LogP contribution in [0.25, 0.3) is 5.69 Å². The van der Waals surface area contributed by atoms with Crippen molar-refractivity contribution in [3.8, 4) is 5.69 Å². The highest BCUT2D eigenvalue weighted by molar-refractivity contribution is 5.94. The average Bonchev–Trinajstić information content (AvgIpc) is 3.05. The van der Waals surface area contributed by atoms with Crippen LogP contribution in [0.4, 0.5) is 0 Å². The first-order valence-corrected chi connectivity index (χ1v) is 6.97. The van der Waals surface area contributed by atoms with Gasteiger partial charge < -0.3 is 10.6 Å². The third-order valence-corrected chi connectivity index (χ3v) is 2.96. The van der Waals surface area contributed by atoms with Crippen LogP contribution in [0.2, 0.25) is 0 Å². The summed E-state index contributed by atoms with van der Waals surface area (Å²) in [4.78, 5) is 23.4. The van der Waals surface area contributed by atoms with Gasteiger partial charge >= 0.3 is 0 Å². The van der Waals surface area contributed by atoms with E-state index in [4.69, 9.17) is 0 Å². The van der Waals surface area contributed by atoms with E-state index in [-0.39, 0.29) is 17.7 Å². The molecule has 0 radical (unpaired) electrons. The molecule has 0 saturated carbocycles. The Kier molecular flexibility index (Phi) is 5.18. The van der Waals surface area contributed by atoms with Crippen molar-refractivity contribution in [3.63, 3.8) is 0 Å². The molecule has 116 valence electrons. The summed E-state index contributed by atoms with van der Waals surface area (Å²) >= 11 is 0. The Morgan fingerprint density at radius 1 is 1.23 bits per heavy atom. The minimum absolute atomic E-state index is 0.0325. The number of amides is 2. The average molecular weight is 302 g/mol. The number of nitrogens with one attached hydrogen (secondary N) is 2. The lowest BCUT2D eigenvalue weighted by molar-refractivity contribution is -0.123. The number of carbonyl (C=O) groups excluding carboxylic acids is 2. The molecule has 0 aliphatic carbocycles. The zero-order valence-corrected chi connectivity index (χ0v) is 12.5. The largest absolute Gasteiger partial charge is 0.354 e. The maximum atomic E-state index is 12.1. The van der Waals surface area contributed by atoms with Gasteiger partial charge in [-0.05, 0) is 28.6 Å². The summed E-state index contributed by atoms with van der Waals surface area (Å²) < 4.78 is 1.47. The number of carbonyl (C=O) groups is 2. The van der Waals surface area contributed by atoms with E-state index in [9.17, 15) is 9.59 Å². The first-order chi connectivity index (χ1) is 10.6. The summed E-state index contributed by atoms with van der Waals surface area (Å²) in [6.45, 7) is 4.40. The van der Waals surface area contributed by atoms with Crippen molar-refractivity contribution in [2.45, 2.75) is 13.8 Å². The summed E-state index contributed by atoms with van der Waals surface area (Å²) in [7, 11) is 0. The quantitative estimate of drug-likeness (QED) is 0.740. The second kappa shape index (κ2) is 7.30. The second-order valence-electron chi connectivity index (χ2n) is 5.01. The lowest BCUT2D eigenvalue weighted by atomic mass is 10.2. The van der Waals surface area contributed by atoms with Gasteiger partial charge in [0.15, 0.2) is 0 Å². The third-order valence-electron chi connectivity index (χ3n) is 2.96. The lowest BCUT2D eigenvalue weighted by Crippen LogP contribution is -2.36. The maximum Gasteiger partial charge on any atom is 0.251 e. The monoisotopic (exact) mass is 302 g/mol. The first-order valence-electron chi connectivity index (χ1n) is 6.97. The molecule has 1 aromatic carbocycles. The van der Waals surface area contributed by atoms with E-state index in [0.717, 1.165) is 0 Å². The number of nitrogens with zero attached hydrogens (tertiary/aromatic N) is 4. The fourth-order valence-corrected chi connectivity index (χ4v) is 1.74. The van der Waals surface area contributed by atoms with E-state index in [2.05, 4.69) is 26.2 Å². The summed E-state index contributed by atoms with van der Waals surface area (Å²) in [5, 5.41) is 16.4. The minimum Gasteiger partial charge on any atom is -0.354 e. The van der Waals surface area contributed by atoms with Crippen LogP contribution in [-0.2, 0) is 4.79 Å². The van der Waals surface area contributed by atoms with E-state index in [1.54, 1.807) is 24.3 Å². The molecule has 0 aliphatic heterocycles. The van der Waals surface area contributed by atoms with E-state index in [0.29, 0.717) is 24.3 Å². The molecular weight excluding hydrogens is 284 g/mol. The molecule has 0 atom stereocenters.